The molecular weight excluding hydrogens is 163 g/mol. The molecule has 74 valence electrons. The summed E-state index contributed by atoms with van der Waals surface area (Å²) in [5.74, 6) is -0.0457. The van der Waals surface area contributed by atoms with E-state index < -0.39 is 0 Å². The van der Waals surface area contributed by atoms with Gasteiger partial charge in [0.2, 0.25) is 0 Å². The van der Waals surface area contributed by atoms with Crippen molar-refractivity contribution in [3.63, 3.8) is 0 Å². The monoisotopic (exact) mass is 182 g/mol. The third-order valence-corrected chi connectivity index (χ3v) is 2.91. The van der Waals surface area contributed by atoms with E-state index in [4.69, 9.17) is 0 Å². The topological polar surface area (TPSA) is 0 Å². The molecule has 0 bridgehead atoms. The summed E-state index contributed by atoms with van der Waals surface area (Å²) in [5.41, 5.74) is 4.95. The third kappa shape index (κ3) is 1.74. The molecule has 0 nitrogen and oxygen atoms in total. The van der Waals surface area contributed by atoms with Gasteiger partial charge < -0.3 is 0 Å². The molecule has 0 aliphatic heterocycles. The molecule has 0 saturated carbocycles. The highest BCUT2D eigenvalue weighted by Crippen LogP contribution is 2.23. The zero-order valence-electron chi connectivity index (χ0n) is 8.38. The molecule has 0 spiro atoms. The summed E-state index contributed by atoms with van der Waals surface area (Å²) in [6.07, 6.45) is 0. The molecule has 0 saturated heterocycles. The van der Waals surface area contributed by atoms with Gasteiger partial charge in [-0.25, -0.2) is 4.39 Å². The zero-order valence-corrected chi connectivity index (χ0v) is 8.38. The van der Waals surface area contributed by atoms with Gasteiger partial charge in [-0.2, -0.15) is 0 Å². The van der Waals surface area contributed by atoms with E-state index in [0.717, 1.165) is 22.3 Å². The Balaban J connectivity index is 0.00000144. The van der Waals surface area contributed by atoms with Gasteiger partial charge in [0, 0.05) is 0 Å². The van der Waals surface area contributed by atoms with E-state index in [1.807, 2.05) is 34.6 Å². The van der Waals surface area contributed by atoms with Gasteiger partial charge in [-0.3, -0.25) is 0 Å². The molecule has 0 amide bonds. The van der Waals surface area contributed by atoms with Crippen molar-refractivity contribution < 1.29 is 4.39 Å². The van der Waals surface area contributed by atoms with E-state index >= 15 is 0 Å². The van der Waals surface area contributed by atoms with Crippen molar-refractivity contribution in [2.24, 2.45) is 0 Å². The van der Waals surface area contributed by atoms with Crippen molar-refractivity contribution in [3.8, 4) is 0 Å². The van der Waals surface area contributed by atoms with Crippen LogP contribution in [0, 0.1) is 40.4 Å². The minimum atomic E-state index is -0.0457. The first-order chi connectivity index (χ1) is 5.46. The van der Waals surface area contributed by atoms with Crippen molar-refractivity contribution in [1.29, 1.82) is 0 Å². The second-order valence-electron chi connectivity index (χ2n) is 3.44. The SMILES string of the molecule is C.Cc1c(C)c(C)c(F)c(C)c1C. The molecule has 1 aromatic carbocycles. The molecule has 0 aliphatic carbocycles. The molecule has 1 aromatic rings. The highest BCUT2D eigenvalue weighted by molar-refractivity contribution is 5.44. The fourth-order valence-electron chi connectivity index (χ4n) is 1.45. The minimum absolute atomic E-state index is 0. The molecule has 0 fully saturated rings. The Morgan fingerprint density at radius 1 is 0.615 bits per heavy atom. The van der Waals surface area contributed by atoms with Crippen LogP contribution in [-0.2, 0) is 0 Å². The molecule has 1 heteroatoms. The smallest absolute Gasteiger partial charge is 0.129 e. The maximum absolute atomic E-state index is 13.4. The van der Waals surface area contributed by atoms with Crippen molar-refractivity contribution >= 4 is 0 Å². The first kappa shape index (κ1) is 12.2. The number of rotatable bonds is 0. The Bertz CT molecular complexity index is 219. The Labute approximate surface area is 80.8 Å². The van der Waals surface area contributed by atoms with E-state index in [-0.39, 0.29) is 13.2 Å². The zero-order chi connectivity index (χ0) is 9.46. The number of benzene rings is 1. The standard InChI is InChI=1S/C11H15F.CH4/c1-6-7(2)9(4)11(12)10(5)8(6)3;/h1-5H3;1H4. The van der Waals surface area contributed by atoms with Crippen LogP contribution < -0.4 is 0 Å². The van der Waals surface area contributed by atoms with Crippen molar-refractivity contribution in [2.45, 2.75) is 42.0 Å². The van der Waals surface area contributed by atoms with Gasteiger partial charge in [-0.15, -0.1) is 0 Å². The lowest BCUT2D eigenvalue weighted by Crippen LogP contribution is -1.99. The average Bonchev–Trinajstić information content (AvgIpc) is 2.08. The van der Waals surface area contributed by atoms with Crippen molar-refractivity contribution in [2.75, 3.05) is 0 Å². The number of hydrogen-bond donors (Lipinski definition) is 0. The van der Waals surface area contributed by atoms with Crippen LogP contribution in [0.25, 0.3) is 0 Å². The summed E-state index contributed by atoms with van der Waals surface area (Å²) in [7, 11) is 0. The fourth-order valence-corrected chi connectivity index (χ4v) is 1.45. The second kappa shape index (κ2) is 3.91. The normalized spacial score (nSPS) is 9.69. The van der Waals surface area contributed by atoms with Gasteiger partial charge in [0.15, 0.2) is 0 Å². The quantitative estimate of drug-likeness (QED) is 0.569. The van der Waals surface area contributed by atoms with Gasteiger partial charge >= 0.3 is 0 Å². The molecule has 0 N–H and O–H groups in total. The molecule has 0 atom stereocenters. The molecular formula is C12H19F. The third-order valence-electron chi connectivity index (χ3n) is 2.91. The maximum Gasteiger partial charge on any atom is 0.129 e. The van der Waals surface area contributed by atoms with E-state index in [0.29, 0.717) is 0 Å². The molecule has 0 radical (unpaired) electrons. The lowest BCUT2D eigenvalue weighted by molar-refractivity contribution is 0.605. The van der Waals surface area contributed by atoms with Crippen LogP contribution in [0.15, 0.2) is 0 Å². The summed E-state index contributed by atoms with van der Waals surface area (Å²) >= 11 is 0. The van der Waals surface area contributed by atoms with E-state index in [2.05, 4.69) is 0 Å². The van der Waals surface area contributed by atoms with Crippen LogP contribution in [-0.4, -0.2) is 0 Å². The Hall–Kier alpha value is -0.850. The van der Waals surface area contributed by atoms with Crippen LogP contribution >= 0.6 is 0 Å². The first-order valence-corrected chi connectivity index (χ1v) is 4.19. The highest BCUT2D eigenvalue weighted by atomic mass is 19.1. The van der Waals surface area contributed by atoms with Crippen molar-refractivity contribution in [1.82, 2.24) is 0 Å². The molecule has 0 unspecified atom stereocenters. The predicted octanol–water partition coefficient (Wildman–Crippen LogP) is 4.00. The van der Waals surface area contributed by atoms with Crippen LogP contribution in [0.2, 0.25) is 0 Å². The van der Waals surface area contributed by atoms with Crippen molar-refractivity contribution in [3.05, 3.63) is 33.6 Å². The van der Waals surface area contributed by atoms with E-state index in [9.17, 15) is 4.39 Å². The van der Waals surface area contributed by atoms with E-state index in [1.54, 1.807) is 0 Å². The minimum Gasteiger partial charge on any atom is -0.206 e. The molecule has 1 rings (SSSR count). The van der Waals surface area contributed by atoms with E-state index in [1.165, 1.54) is 5.56 Å². The Kier molecular flexibility index (Phi) is 3.65. The average molecular weight is 182 g/mol. The molecule has 13 heavy (non-hydrogen) atoms. The fraction of sp³-hybridized carbons (Fsp3) is 0.500. The number of halogens is 1. The lowest BCUT2D eigenvalue weighted by atomic mass is 9.95. The summed E-state index contributed by atoms with van der Waals surface area (Å²) in [6.45, 7) is 9.67. The summed E-state index contributed by atoms with van der Waals surface area (Å²) < 4.78 is 13.4. The maximum atomic E-state index is 13.4. The summed E-state index contributed by atoms with van der Waals surface area (Å²) in [5, 5.41) is 0. The van der Waals surface area contributed by atoms with Crippen LogP contribution in [0.3, 0.4) is 0 Å². The largest absolute Gasteiger partial charge is 0.206 e. The van der Waals surface area contributed by atoms with Gasteiger partial charge in [0.25, 0.3) is 0 Å². The van der Waals surface area contributed by atoms with Gasteiger partial charge in [0.1, 0.15) is 5.82 Å². The van der Waals surface area contributed by atoms with Gasteiger partial charge in [-0.05, 0) is 62.4 Å². The van der Waals surface area contributed by atoms with Crippen LogP contribution in [0.4, 0.5) is 4.39 Å². The highest BCUT2D eigenvalue weighted by Gasteiger charge is 2.10. The summed E-state index contributed by atoms with van der Waals surface area (Å²) in [4.78, 5) is 0. The molecule has 0 heterocycles. The lowest BCUT2D eigenvalue weighted by Gasteiger charge is -2.12. The Morgan fingerprint density at radius 2 is 0.846 bits per heavy atom. The first-order valence-electron chi connectivity index (χ1n) is 4.19. The second-order valence-corrected chi connectivity index (χ2v) is 3.44. The summed E-state index contributed by atoms with van der Waals surface area (Å²) in [6, 6.07) is 0. The molecule has 0 aromatic heterocycles. The van der Waals surface area contributed by atoms with Crippen LogP contribution in [0.1, 0.15) is 35.2 Å². The molecule has 0 aliphatic rings. The predicted molar refractivity (Wildman–Crippen MR) is 56.8 cm³/mol. The van der Waals surface area contributed by atoms with Gasteiger partial charge in [-0.1, -0.05) is 7.43 Å². The van der Waals surface area contributed by atoms with Gasteiger partial charge in [0.05, 0.1) is 0 Å². The number of hydrogen-bond acceptors (Lipinski definition) is 0. The Morgan fingerprint density at radius 3 is 1.15 bits per heavy atom. The van der Waals surface area contributed by atoms with Crippen LogP contribution in [0.5, 0.6) is 0 Å².